The van der Waals surface area contributed by atoms with E-state index in [4.69, 9.17) is 0 Å². The van der Waals surface area contributed by atoms with Gasteiger partial charge in [0.05, 0.1) is 17.5 Å². The molecule has 1 aliphatic heterocycles. The molecule has 1 aromatic heterocycles. The van der Waals surface area contributed by atoms with Gasteiger partial charge in [-0.1, -0.05) is 18.2 Å². The summed E-state index contributed by atoms with van der Waals surface area (Å²) >= 11 is 0. The van der Waals surface area contributed by atoms with E-state index in [9.17, 15) is 9.59 Å². The van der Waals surface area contributed by atoms with Gasteiger partial charge in [0.1, 0.15) is 0 Å². The van der Waals surface area contributed by atoms with Gasteiger partial charge in [-0.15, -0.1) is 12.4 Å². The lowest BCUT2D eigenvalue weighted by atomic mass is 10.0. The van der Waals surface area contributed by atoms with Crippen molar-refractivity contribution in [1.82, 2.24) is 20.0 Å². The Balaban J connectivity index is 0.00000210. The number of carbonyl (C=O) groups excluding carboxylic acids is 1. The van der Waals surface area contributed by atoms with Crippen molar-refractivity contribution in [3.63, 3.8) is 0 Å². The first-order valence-electron chi connectivity index (χ1n) is 9.58. The second-order valence-corrected chi connectivity index (χ2v) is 7.60. The molecule has 146 valence electrons. The smallest absolute Gasteiger partial charge is 0.274 e. The maximum absolute atomic E-state index is 12.8. The lowest BCUT2D eigenvalue weighted by Crippen LogP contribution is -2.46. The van der Waals surface area contributed by atoms with Crippen LogP contribution in [0.15, 0.2) is 29.1 Å². The summed E-state index contributed by atoms with van der Waals surface area (Å²) in [5.41, 5.74) is 0.557. The number of benzene rings is 1. The summed E-state index contributed by atoms with van der Waals surface area (Å²) in [7, 11) is 1.64. The minimum absolute atomic E-state index is 0. The van der Waals surface area contributed by atoms with Crippen LogP contribution in [-0.2, 0) is 18.3 Å². The molecule has 0 radical (unpaired) electrons. The lowest BCUT2D eigenvalue weighted by molar-refractivity contribution is -0.131. The number of hydrogen-bond acceptors (Lipinski definition) is 4. The number of amides is 1. The van der Waals surface area contributed by atoms with Crippen LogP contribution in [0.2, 0.25) is 0 Å². The number of piperidine rings is 1. The standard InChI is InChI=1S/C20H26N4O2.ClH/c1-23-20(26)17-5-3-2-4-16(17)18(22-23)12-19(25)24-10-8-15(9-11-24)21-13-14-6-7-14;/h2-5,14-15,21H,6-13H2,1H3;1H. The third-order valence-electron chi connectivity index (χ3n) is 5.59. The van der Waals surface area contributed by atoms with Crippen LogP contribution in [0.1, 0.15) is 31.4 Å². The van der Waals surface area contributed by atoms with E-state index in [0.717, 1.165) is 43.8 Å². The third-order valence-corrected chi connectivity index (χ3v) is 5.59. The number of likely N-dealkylation sites (tertiary alicyclic amines) is 1. The van der Waals surface area contributed by atoms with Crippen molar-refractivity contribution in [3.05, 3.63) is 40.3 Å². The van der Waals surface area contributed by atoms with Gasteiger partial charge in [-0.05, 0) is 44.2 Å². The van der Waals surface area contributed by atoms with Gasteiger partial charge in [0.2, 0.25) is 5.91 Å². The fourth-order valence-corrected chi connectivity index (χ4v) is 3.75. The fraction of sp³-hybridized carbons (Fsp3) is 0.550. The summed E-state index contributed by atoms with van der Waals surface area (Å²) in [6.07, 6.45) is 5.00. The van der Waals surface area contributed by atoms with E-state index >= 15 is 0 Å². The highest BCUT2D eigenvalue weighted by molar-refractivity contribution is 5.88. The number of nitrogens with zero attached hydrogens (tertiary/aromatic N) is 3. The summed E-state index contributed by atoms with van der Waals surface area (Å²) in [6, 6.07) is 7.93. The molecule has 0 unspecified atom stereocenters. The van der Waals surface area contributed by atoms with Crippen LogP contribution in [0.3, 0.4) is 0 Å². The van der Waals surface area contributed by atoms with Crippen LogP contribution in [0.5, 0.6) is 0 Å². The zero-order valence-electron chi connectivity index (χ0n) is 15.7. The Morgan fingerprint density at radius 3 is 2.48 bits per heavy atom. The zero-order chi connectivity index (χ0) is 18.1. The van der Waals surface area contributed by atoms with Gasteiger partial charge in [0.25, 0.3) is 5.56 Å². The number of hydrogen-bond donors (Lipinski definition) is 1. The predicted molar refractivity (Wildman–Crippen MR) is 108 cm³/mol. The second kappa shape index (κ2) is 8.40. The average molecular weight is 391 g/mol. The maximum Gasteiger partial charge on any atom is 0.274 e. The summed E-state index contributed by atoms with van der Waals surface area (Å²) < 4.78 is 1.33. The van der Waals surface area contributed by atoms with Crippen LogP contribution in [-0.4, -0.2) is 46.3 Å². The minimum atomic E-state index is -0.126. The predicted octanol–water partition coefficient (Wildman–Crippen LogP) is 1.89. The molecule has 0 atom stereocenters. The molecule has 2 heterocycles. The molecule has 2 fully saturated rings. The van der Waals surface area contributed by atoms with Gasteiger partial charge in [-0.2, -0.15) is 5.10 Å². The van der Waals surface area contributed by atoms with Crippen molar-refractivity contribution in [2.24, 2.45) is 13.0 Å². The monoisotopic (exact) mass is 390 g/mol. The van der Waals surface area contributed by atoms with E-state index in [-0.39, 0.29) is 30.3 Å². The topological polar surface area (TPSA) is 67.2 Å². The molecule has 2 aliphatic rings. The molecule has 6 nitrogen and oxygen atoms in total. The van der Waals surface area contributed by atoms with E-state index in [0.29, 0.717) is 17.1 Å². The first-order valence-corrected chi connectivity index (χ1v) is 9.58. The van der Waals surface area contributed by atoms with E-state index < -0.39 is 0 Å². The van der Waals surface area contributed by atoms with Gasteiger partial charge in [0, 0.05) is 31.6 Å². The van der Waals surface area contributed by atoms with E-state index in [1.54, 1.807) is 13.1 Å². The van der Waals surface area contributed by atoms with Crippen LogP contribution in [0, 0.1) is 5.92 Å². The quantitative estimate of drug-likeness (QED) is 0.846. The largest absolute Gasteiger partial charge is 0.342 e. The summed E-state index contributed by atoms with van der Waals surface area (Å²) in [5, 5.41) is 9.40. The summed E-state index contributed by atoms with van der Waals surface area (Å²) in [4.78, 5) is 26.9. The van der Waals surface area contributed by atoms with Crippen LogP contribution < -0.4 is 10.9 Å². The number of fused-ring (bicyclic) bond motifs is 1. The maximum atomic E-state index is 12.8. The Bertz CT molecular complexity index is 870. The minimum Gasteiger partial charge on any atom is -0.342 e. The summed E-state index contributed by atoms with van der Waals surface area (Å²) in [6.45, 7) is 2.72. The molecular formula is C20H27ClN4O2. The molecule has 7 heteroatoms. The van der Waals surface area contributed by atoms with Crippen molar-refractivity contribution in [2.75, 3.05) is 19.6 Å². The molecule has 0 spiro atoms. The van der Waals surface area contributed by atoms with Crippen molar-refractivity contribution in [1.29, 1.82) is 0 Å². The van der Waals surface area contributed by atoms with Crippen LogP contribution >= 0.6 is 12.4 Å². The Hall–Kier alpha value is -1.92. The molecule has 1 aromatic carbocycles. The molecule has 0 bridgehead atoms. The van der Waals surface area contributed by atoms with Crippen molar-refractivity contribution < 1.29 is 4.79 Å². The van der Waals surface area contributed by atoms with Crippen LogP contribution in [0.4, 0.5) is 0 Å². The molecule has 1 saturated carbocycles. The van der Waals surface area contributed by atoms with Crippen molar-refractivity contribution in [2.45, 2.75) is 38.1 Å². The zero-order valence-corrected chi connectivity index (χ0v) is 16.5. The Labute approximate surface area is 165 Å². The normalized spacial score (nSPS) is 17.7. The highest BCUT2D eigenvalue weighted by atomic mass is 35.5. The summed E-state index contributed by atoms with van der Waals surface area (Å²) in [5.74, 6) is 0.987. The number of carbonyl (C=O) groups is 1. The molecule has 4 rings (SSSR count). The van der Waals surface area contributed by atoms with E-state index in [2.05, 4.69) is 10.4 Å². The second-order valence-electron chi connectivity index (χ2n) is 7.60. The van der Waals surface area contributed by atoms with E-state index in [1.165, 1.54) is 17.5 Å². The molecule has 1 amide bonds. The molecule has 1 N–H and O–H groups in total. The SMILES string of the molecule is Cl.Cn1nc(CC(=O)N2CCC(NCC3CC3)CC2)c2ccccc2c1=O. The Kier molecular flexibility index (Phi) is 6.17. The van der Waals surface area contributed by atoms with Crippen molar-refractivity contribution >= 4 is 29.1 Å². The van der Waals surface area contributed by atoms with Gasteiger partial charge in [-0.3, -0.25) is 9.59 Å². The first-order chi connectivity index (χ1) is 12.6. The third kappa shape index (κ3) is 4.50. The average Bonchev–Trinajstić information content (AvgIpc) is 3.49. The van der Waals surface area contributed by atoms with Gasteiger partial charge < -0.3 is 10.2 Å². The number of halogens is 1. The number of aromatic nitrogens is 2. The Morgan fingerprint density at radius 2 is 1.81 bits per heavy atom. The van der Waals surface area contributed by atoms with Crippen molar-refractivity contribution in [3.8, 4) is 0 Å². The number of rotatable bonds is 5. The van der Waals surface area contributed by atoms with Crippen LogP contribution in [0.25, 0.3) is 10.8 Å². The molecule has 1 aliphatic carbocycles. The van der Waals surface area contributed by atoms with Gasteiger partial charge >= 0.3 is 0 Å². The fourth-order valence-electron chi connectivity index (χ4n) is 3.75. The lowest BCUT2D eigenvalue weighted by Gasteiger charge is -2.32. The Morgan fingerprint density at radius 1 is 1.15 bits per heavy atom. The van der Waals surface area contributed by atoms with E-state index in [1.807, 2.05) is 23.1 Å². The van der Waals surface area contributed by atoms with Gasteiger partial charge in [-0.25, -0.2) is 4.68 Å². The molecule has 1 saturated heterocycles. The number of nitrogens with one attached hydrogen (secondary N) is 1. The van der Waals surface area contributed by atoms with Gasteiger partial charge in [0.15, 0.2) is 0 Å². The number of aryl methyl sites for hydroxylation is 1. The molecule has 2 aromatic rings. The first kappa shape index (κ1) is 19.8. The highest BCUT2D eigenvalue weighted by Crippen LogP contribution is 2.28. The molecular weight excluding hydrogens is 364 g/mol. The molecule has 27 heavy (non-hydrogen) atoms. The highest BCUT2D eigenvalue weighted by Gasteiger charge is 2.26.